The molecule has 0 fully saturated rings. The van der Waals surface area contributed by atoms with E-state index in [2.05, 4.69) is 4.98 Å². The Kier molecular flexibility index (Phi) is 5.39. The summed E-state index contributed by atoms with van der Waals surface area (Å²) in [5.74, 6) is 0.00358. The van der Waals surface area contributed by atoms with Crippen molar-refractivity contribution >= 4 is 5.97 Å². The molecule has 0 N–H and O–H groups in total. The zero-order valence-electron chi connectivity index (χ0n) is 15.0. The summed E-state index contributed by atoms with van der Waals surface area (Å²) in [4.78, 5) is 16.5. The zero-order valence-corrected chi connectivity index (χ0v) is 15.0. The van der Waals surface area contributed by atoms with Crippen LogP contribution in [-0.2, 0) is 10.9 Å². The Morgan fingerprint density at radius 1 is 1.11 bits per heavy atom. The van der Waals surface area contributed by atoms with Gasteiger partial charge in [-0.05, 0) is 43.3 Å². The molecular formula is C20H16F3NO4. The van der Waals surface area contributed by atoms with Crippen LogP contribution in [0.3, 0.4) is 0 Å². The SMILES string of the molecule is CCOC(=O)c1nc(-c2ccc(C(F)(F)F)cc2)oc1-c1cccc(OC)c1. The van der Waals surface area contributed by atoms with Gasteiger partial charge in [0.1, 0.15) is 5.75 Å². The van der Waals surface area contributed by atoms with Crippen LogP contribution in [0.5, 0.6) is 5.75 Å². The summed E-state index contributed by atoms with van der Waals surface area (Å²) in [6.45, 7) is 1.79. The maximum Gasteiger partial charge on any atom is 0.416 e. The second-order valence-corrected chi connectivity index (χ2v) is 5.72. The molecule has 8 heteroatoms. The van der Waals surface area contributed by atoms with E-state index in [-0.39, 0.29) is 24.0 Å². The lowest BCUT2D eigenvalue weighted by Crippen LogP contribution is -2.06. The highest BCUT2D eigenvalue weighted by Crippen LogP contribution is 2.34. The van der Waals surface area contributed by atoms with E-state index in [0.29, 0.717) is 16.9 Å². The molecule has 0 atom stereocenters. The molecule has 0 radical (unpaired) electrons. The van der Waals surface area contributed by atoms with Gasteiger partial charge in [0.25, 0.3) is 0 Å². The molecule has 0 aliphatic heterocycles. The molecule has 1 aromatic heterocycles. The monoisotopic (exact) mass is 391 g/mol. The van der Waals surface area contributed by atoms with Crippen LogP contribution < -0.4 is 4.74 Å². The largest absolute Gasteiger partial charge is 0.497 e. The third-order valence-electron chi connectivity index (χ3n) is 3.89. The average molecular weight is 391 g/mol. The molecule has 3 aromatic rings. The Hall–Kier alpha value is -3.29. The number of hydrogen-bond acceptors (Lipinski definition) is 5. The summed E-state index contributed by atoms with van der Waals surface area (Å²) in [7, 11) is 1.50. The number of halogens is 3. The van der Waals surface area contributed by atoms with Crippen LogP contribution >= 0.6 is 0 Å². The van der Waals surface area contributed by atoms with E-state index in [4.69, 9.17) is 13.9 Å². The molecule has 0 spiro atoms. The molecule has 0 saturated carbocycles. The number of ether oxygens (including phenoxy) is 2. The van der Waals surface area contributed by atoms with Gasteiger partial charge in [0, 0.05) is 11.1 Å². The van der Waals surface area contributed by atoms with Gasteiger partial charge in [-0.3, -0.25) is 0 Å². The predicted molar refractivity (Wildman–Crippen MR) is 94.9 cm³/mol. The Balaban J connectivity index is 2.07. The summed E-state index contributed by atoms with van der Waals surface area (Å²) in [5.41, 5.74) is -0.0350. The molecule has 146 valence electrons. The molecule has 2 aromatic carbocycles. The zero-order chi connectivity index (χ0) is 20.3. The van der Waals surface area contributed by atoms with Gasteiger partial charge in [-0.1, -0.05) is 12.1 Å². The highest BCUT2D eigenvalue weighted by Gasteiger charge is 2.30. The van der Waals surface area contributed by atoms with Gasteiger partial charge in [-0.25, -0.2) is 9.78 Å². The quantitative estimate of drug-likeness (QED) is 0.559. The van der Waals surface area contributed by atoms with Gasteiger partial charge in [-0.15, -0.1) is 0 Å². The predicted octanol–water partition coefficient (Wildman–Crippen LogP) is 5.21. The fourth-order valence-electron chi connectivity index (χ4n) is 2.54. The van der Waals surface area contributed by atoms with Crippen LogP contribution in [-0.4, -0.2) is 24.7 Å². The lowest BCUT2D eigenvalue weighted by Gasteiger charge is -2.06. The molecule has 0 saturated heterocycles. The Labute approximate surface area is 158 Å². The minimum atomic E-state index is -4.45. The third kappa shape index (κ3) is 4.00. The first kappa shape index (κ1) is 19.5. The summed E-state index contributed by atoms with van der Waals surface area (Å²) in [6, 6.07) is 11.1. The van der Waals surface area contributed by atoms with E-state index in [0.717, 1.165) is 12.1 Å². The molecular weight excluding hydrogens is 375 g/mol. The molecule has 0 aliphatic carbocycles. The van der Waals surface area contributed by atoms with Crippen LogP contribution in [0, 0.1) is 0 Å². The van der Waals surface area contributed by atoms with Crippen molar-refractivity contribution in [2.45, 2.75) is 13.1 Å². The van der Waals surface area contributed by atoms with Gasteiger partial charge in [-0.2, -0.15) is 13.2 Å². The van der Waals surface area contributed by atoms with Gasteiger partial charge in [0.15, 0.2) is 11.5 Å². The Morgan fingerprint density at radius 2 is 1.82 bits per heavy atom. The van der Waals surface area contributed by atoms with Crippen LogP contribution in [0.4, 0.5) is 13.2 Å². The number of aromatic nitrogens is 1. The molecule has 1 heterocycles. The number of esters is 1. The van der Waals surface area contributed by atoms with Crippen molar-refractivity contribution < 1.29 is 31.9 Å². The van der Waals surface area contributed by atoms with Crippen molar-refractivity contribution in [1.29, 1.82) is 0 Å². The average Bonchev–Trinajstić information content (AvgIpc) is 3.13. The number of nitrogens with zero attached hydrogens (tertiary/aromatic N) is 1. The maximum atomic E-state index is 12.8. The fraction of sp³-hybridized carbons (Fsp3) is 0.200. The van der Waals surface area contributed by atoms with E-state index >= 15 is 0 Å². The minimum Gasteiger partial charge on any atom is -0.497 e. The van der Waals surface area contributed by atoms with Gasteiger partial charge in [0.2, 0.25) is 5.89 Å². The lowest BCUT2D eigenvalue weighted by atomic mass is 10.1. The van der Waals surface area contributed by atoms with Gasteiger partial charge >= 0.3 is 12.1 Å². The first-order valence-electron chi connectivity index (χ1n) is 8.33. The van der Waals surface area contributed by atoms with Crippen molar-refractivity contribution in [2.75, 3.05) is 13.7 Å². The van der Waals surface area contributed by atoms with E-state index in [1.165, 1.54) is 19.2 Å². The van der Waals surface area contributed by atoms with Gasteiger partial charge in [0.05, 0.1) is 19.3 Å². The standard InChI is InChI=1S/C20H16F3NO4/c1-3-27-19(25)16-17(13-5-4-6-15(11-13)26-2)28-18(24-16)12-7-9-14(10-8-12)20(21,22)23/h4-11H,3H2,1-2H3. The Morgan fingerprint density at radius 3 is 2.43 bits per heavy atom. The first-order chi connectivity index (χ1) is 13.3. The summed E-state index contributed by atoms with van der Waals surface area (Å²) in [5, 5.41) is 0. The van der Waals surface area contributed by atoms with Crippen LogP contribution in [0.25, 0.3) is 22.8 Å². The van der Waals surface area contributed by atoms with Crippen molar-refractivity contribution in [3.63, 3.8) is 0 Å². The van der Waals surface area contributed by atoms with E-state index < -0.39 is 17.7 Å². The van der Waals surface area contributed by atoms with Crippen LogP contribution in [0.1, 0.15) is 23.0 Å². The van der Waals surface area contributed by atoms with E-state index in [9.17, 15) is 18.0 Å². The topological polar surface area (TPSA) is 61.6 Å². The highest BCUT2D eigenvalue weighted by molar-refractivity contribution is 5.94. The molecule has 28 heavy (non-hydrogen) atoms. The van der Waals surface area contributed by atoms with Crippen molar-refractivity contribution in [2.24, 2.45) is 0 Å². The molecule has 5 nitrogen and oxygen atoms in total. The minimum absolute atomic E-state index is 0.00889. The molecule has 0 aliphatic rings. The summed E-state index contributed by atoms with van der Waals surface area (Å²) >= 11 is 0. The maximum absolute atomic E-state index is 12.8. The number of hydrogen-bond donors (Lipinski definition) is 0. The number of methoxy groups -OCH3 is 1. The van der Waals surface area contributed by atoms with Gasteiger partial charge < -0.3 is 13.9 Å². The normalized spacial score (nSPS) is 11.3. The number of oxazole rings is 1. The second-order valence-electron chi connectivity index (χ2n) is 5.72. The number of rotatable bonds is 5. The summed E-state index contributed by atoms with van der Waals surface area (Å²) < 4.78 is 54.2. The Bertz CT molecular complexity index is 978. The first-order valence-corrected chi connectivity index (χ1v) is 8.33. The van der Waals surface area contributed by atoms with Crippen molar-refractivity contribution in [1.82, 2.24) is 4.98 Å². The number of carbonyl (C=O) groups is 1. The summed E-state index contributed by atoms with van der Waals surface area (Å²) in [6.07, 6.45) is -4.45. The van der Waals surface area contributed by atoms with Crippen molar-refractivity contribution in [3.8, 4) is 28.5 Å². The lowest BCUT2D eigenvalue weighted by molar-refractivity contribution is -0.137. The third-order valence-corrected chi connectivity index (χ3v) is 3.89. The fourth-order valence-corrected chi connectivity index (χ4v) is 2.54. The molecule has 3 rings (SSSR count). The molecule has 0 amide bonds. The number of benzene rings is 2. The second kappa shape index (κ2) is 7.75. The van der Waals surface area contributed by atoms with Crippen LogP contribution in [0.15, 0.2) is 52.9 Å². The van der Waals surface area contributed by atoms with Crippen molar-refractivity contribution in [3.05, 3.63) is 59.8 Å². The number of carbonyl (C=O) groups excluding carboxylic acids is 1. The molecule has 0 unspecified atom stereocenters. The highest BCUT2D eigenvalue weighted by atomic mass is 19.4. The molecule has 0 bridgehead atoms. The van der Waals surface area contributed by atoms with E-state index in [1.807, 2.05) is 0 Å². The smallest absolute Gasteiger partial charge is 0.416 e. The number of alkyl halides is 3. The van der Waals surface area contributed by atoms with E-state index in [1.54, 1.807) is 31.2 Å². The van der Waals surface area contributed by atoms with Crippen LogP contribution in [0.2, 0.25) is 0 Å².